The SMILES string of the molecule is Cc1[nH]c2ccccc2c1[C@@H](c1ccc(Cl)cc1)[C@]1(Cc2ccccc2)N=C(c2ccccc2)OC1=O. The molecule has 1 aliphatic heterocycles. The number of rotatable bonds is 6. The molecule has 2 heterocycles. The molecule has 0 saturated carbocycles. The van der Waals surface area contributed by atoms with Gasteiger partial charge >= 0.3 is 5.97 Å². The Labute approximate surface area is 220 Å². The zero-order valence-corrected chi connectivity index (χ0v) is 21.1. The molecule has 37 heavy (non-hydrogen) atoms. The summed E-state index contributed by atoms with van der Waals surface area (Å²) in [6.45, 7) is 2.05. The summed E-state index contributed by atoms with van der Waals surface area (Å²) in [5, 5.41) is 1.70. The summed E-state index contributed by atoms with van der Waals surface area (Å²) in [5.74, 6) is -0.437. The molecule has 0 fully saturated rings. The second-order valence-corrected chi connectivity index (χ2v) is 9.89. The van der Waals surface area contributed by atoms with Crippen LogP contribution < -0.4 is 0 Å². The van der Waals surface area contributed by atoms with Crippen LogP contribution in [0, 0.1) is 6.92 Å². The maximum atomic E-state index is 14.1. The van der Waals surface area contributed by atoms with Crippen LogP contribution in [0.2, 0.25) is 5.02 Å². The van der Waals surface area contributed by atoms with Crippen molar-refractivity contribution >= 4 is 34.4 Å². The minimum Gasteiger partial charge on any atom is -0.405 e. The van der Waals surface area contributed by atoms with E-state index in [1.54, 1.807) is 0 Å². The van der Waals surface area contributed by atoms with E-state index in [4.69, 9.17) is 21.3 Å². The van der Waals surface area contributed by atoms with Crippen LogP contribution in [0.15, 0.2) is 114 Å². The Morgan fingerprint density at radius 1 is 0.865 bits per heavy atom. The Kier molecular flexibility index (Phi) is 5.90. The average Bonchev–Trinajstić information content (AvgIpc) is 3.43. The average molecular weight is 505 g/mol. The van der Waals surface area contributed by atoms with Gasteiger partial charge in [-0.3, -0.25) is 0 Å². The van der Waals surface area contributed by atoms with Gasteiger partial charge in [0.25, 0.3) is 0 Å². The zero-order chi connectivity index (χ0) is 25.4. The van der Waals surface area contributed by atoms with E-state index in [1.807, 2.05) is 97.1 Å². The molecule has 182 valence electrons. The first-order valence-corrected chi connectivity index (χ1v) is 12.7. The second kappa shape index (κ2) is 9.38. The summed E-state index contributed by atoms with van der Waals surface area (Å²) >= 11 is 6.30. The van der Waals surface area contributed by atoms with E-state index >= 15 is 0 Å². The molecule has 0 amide bonds. The molecule has 0 saturated heterocycles. The minimum absolute atomic E-state index is 0.345. The number of hydrogen-bond donors (Lipinski definition) is 1. The molecule has 6 rings (SSSR count). The van der Waals surface area contributed by atoms with Gasteiger partial charge in [-0.25, -0.2) is 9.79 Å². The lowest BCUT2D eigenvalue weighted by molar-refractivity contribution is -0.139. The van der Waals surface area contributed by atoms with Gasteiger partial charge in [-0.15, -0.1) is 0 Å². The number of halogens is 1. The van der Waals surface area contributed by atoms with Crippen molar-refractivity contribution in [2.24, 2.45) is 4.99 Å². The van der Waals surface area contributed by atoms with Gasteiger partial charge in [-0.05, 0) is 53.9 Å². The van der Waals surface area contributed by atoms with Crippen molar-refractivity contribution < 1.29 is 9.53 Å². The van der Waals surface area contributed by atoms with Crippen LogP contribution in [0.25, 0.3) is 10.9 Å². The fourth-order valence-corrected chi connectivity index (χ4v) is 5.57. The molecule has 1 N–H and O–H groups in total. The van der Waals surface area contributed by atoms with Crippen molar-refractivity contribution in [2.75, 3.05) is 0 Å². The monoisotopic (exact) mass is 504 g/mol. The van der Waals surface area contributed by atoms with Crippen LogP contribution in [0.1, 0.15) is 33.9 Å². The predicted molar refractivity (Wildman–Crippen MR) is 148 cm³/mol. The Morgan fingerprint density at radius 2 is 1.51 bits per heavy atom. The molecule has 1 aliphatic rings. The van der Waals surface area contributed by atoms with Gasteiger partial charge in [0.05, 0.1) is 0 Å². The normalized spacial score (nSPS) is 18.0. The molecule has 0 spiro atoms. The molecule has 1 aromatic heterocycles. The maximum Gasteiger partial charge on any atom is 0.342 e. The topological polar surface area (TPSA) is 54.4 Å². The summed E-state index contributed by atoms with van der Waals surface area (Å²) in [5.41, 5.74) is 4.54. The lowest BCUT2D eigenvalue weighted by Gasteiger charge is -2.33. The quantitative estimate of drug-likeness (QED) is 0.248. The first kappa shape index (κ1) is 23.3. The highest BCUT2D eigenvalue weighted by Crippen LogP contribution is 2.47. The third kappa shape index (κ3) is 4.13. The van der Waals surface area contributed by atoms with Crippen LogP contribution in [0.4, 0.5) is 0 Å². The van der Waals surface area contributed by atoms with Crippen molar-refractivity contribution in [1.29, 1.82) is 0 Å². The highest BCUT2D eigenvalue weighted by Gasteiger charge is 2.54. The first-order chi connectivity index (χ1) is 18.0. The third-order valence-corrected chi connectivity index (χ3v) is 7.35. The standard InChI is InChI=1S/C32H25ClN2O2/c1-21-28(26-14-8-9-15-27(26)34-21)29(23-16-18-25(33)19-17-23)32(20-22-10-4-2-5-11-22)31(36)37-30(35-32)24-12-6-3-7-13-24/h2-19,29,34H,20H2,1H3/t29-,32+/m1/s1. The third-order valence-electron chi connectivity index (χ3n) is 7.09. The summed E-state index contributed by atoms with van der Waals surface area (Å²) in [7, 11) is 0. The molecule has 0 bridgehead atoms. The minimum atomic E-state index is -1.23. The smallest absolute Gasteiger partial charge is 0.342 e. The van der Waals surface area contributed by atoms with Crippen LogP contribution in [-0.4, -0.2) is 22.4 Å². The molecule has 2 atom stereocenters. The molecular formula is C32H25ClN2O2. The highest BCUT2D eigenvalue weighted by atomic mass is 35.5. The van der Waals surface area contributed by atoms with Gasteiger partial charge in [-0.1, -0.05) is 90.5 Å². The van der Waals surface area contributed by atoms with Gasteiger partial charge in [0.15, 0.2) is 5.54 Å². The number of H-pyrrole nitrogens is 1. The number of fused-ring (bicyclic) bond motifs is 1. The van der Waals surface area contributed by atoms with Crippen LogP contribution >= 0.6 is 11.6 Å². The van der Waals surface area contributed by atoms with Crippen molar-refractivity contribution in [1.82, 2.24) is 4.98 Å². The van der Waals surface area contributed by atoms with Crippen molar-refractivity contribution in [3.05, 3.63) is 142 Å². The lowest BCUT2D eigenvalue weighted by Crippen LogP contribution is -2.43. The predicted octanol–water partition coefficient (Wildman–Crippen LogP) is 7.25. The number of nitrogens with zero attached hydrogens (tertiary/aromatic N) is 1. The van der Waals surface area contributed by atoms with E-state index in [-0.39, 0.29) is 5.97 Å². The van der Waals surface area contributed by atoms with E-state index < -0.39 is 11.5 Å². The van der Waals surface area contributed by atoms with Crippen LogP contribution in [-0.2, 0) is 16.0 Å². The van der Waals surface area contributed by atoms with Crippen molar-refractivity contribution in [2.45, 2.75) is 24.8 Å². The molecule has 5 heteroatoms. The highest BCUT2D eigenvalue weighted by molar-refractivity contribution is 6.30. The number of carbonyl (C=O) groups excluding carboxylic acids is 1. The Morgan fingerprint density at radius 3 is 2.24 bits per heavy atom. The van der Waals surface area contributed by atoms with Crippen molar-refractivity contribution in [3.63, 3.8) is 0 Å². The Bertz CT molecular complexity index is 1610. The summed E-state index contributed by atoms with van der Waals surface area (Å²) < 4.78 is 5.99. The van der Waals surface area contributed by atoms with Gasteiger partial charge in [-0.2, -0.15) is 0 Å². The zero-order valence-electron chi connectivity index (χ0n) is 20.3. The summed E-state index contributed by atoms with van der Waals surface area (Å²) in [6, 6.07) is 35.5. The molecule has 0 unspecified atom stereocenters. The fourth-order valence-electron chi connectivity index (χ4n) is 5.44. The Hall–Kier alpha value is -4.15. The lowest BCUT2D eigenvalue weighted by atomic mass is 9.71. The Balaban J connectivity index is 1.65. The van der Waals surface area contributed by atoms with Gasteiger partial charge in [0, 0.05) is 39.5 Å². The largest absolute Gasteiger partial charge is 0.405 e. The molecule has 0 radical (unpaired) electrons. The number of ether oxygens (including phenoxy) is 1. The molecule has 5 aromatic rings. The molecule has 0 aliphatic carbocycles. The number of aromatic amines is 1. The first-order valence-electron chi connectivity index (χ1n) is 12.3. The van der Waals surface area contributed by atoms with E-state index in [9.17, 15) is 4.79 Å². The van der Waals surface area contributed by atoms with E-state index in [0.717, 1.165) is 38.9 Å². The number of nitrogens with one attached hydrogen (secondary N) is 1. The molecule has 4 aromatic carbocycles. The van der Waals surface area contributed by atoms with Gasteiger partial charge < -0.3 is 9.72 Å². The van der Waals surface area contributed by atoms with Gasteiger partial charge in [0.1, 0.15) is 0 Å². The van der Waals surface area contributed by atoms with Crippen LogP contribution in [0.5, 0.6) is 0 Å². The van der Waals surface area contributed by atoms with E-state index in [2.05, 4.69) is 24.0 Å². The molecular weight excluding hydrogens is 480 g/mol. The number of aliphatic imine (C=N–C) groups is 1. The number of aryl methyl sites for hydroxylation is 1. The number of cyclic esters (lactones) is 1. The van der Waals surface area contributed by atoms with E-state index in [0.29, 0.717) is 17.3 Å². The number of para-hydroxylation sites is 1. The second-order valence-electron chi connectivity index (χ2n) is 9.45. The fraction of sp³-hybridized carbons (Fsp3) is 0.125. The van der Waals surface area contributed by atoms with Crippen LogP contribution in [0.3, 0.4) is 0 Å². The van der Waals surface area contributed by atoms with E-state index in [1.165, 1.54) is 0 Å². The number of carbonyl (C=O) groups is 1. The summed E-state index contributed by atoms with van der Waals surface area (Å²) in [6.07, 6.45) is 0.384. The summed E-state index contributed by atoms with van der Waals surface area (Å²) in [4.78, 5) is 22.8. The maximum absolute atomic E-state index is 14.1. The van der Waals surface area contributed by atoms with Gasteiger partial charge in [0.2, 0.25) is 5.90 Å². The number of esters is 1. The number of aromatic nitrogens is 1. The number of hydrogen-bond acceptors (Lipinski definition) is 3. The number of benzene rings is 4. The van der Waals surface area contributed by atoms with Crippen molar-refractivity contribution in [3.8, 4) is 0 Å². The molecule has 4 nitrogen and oxygen atoms in total.